The van der Waals surface area contributed by atoms with E-state index in [0.717, 1.165) is 25.0 Å². The number of urea groups is 1. The van der Waals surface area contributed by atoms with Gasteiger partial charge in [-0.05, 0) is 43.2 Å². The molecule has 3 amide bonds. The molecule has 0 radical (unpaired) electrons. The number of anilines is 2. The second-order valence-electron chi connectivity index (χ2n) is 5.99. The monoisotopic (exact) mass is 379 g/mol. The Hall–Kier alpha value is -3.23. The van der Waals surface area contributed by atoms with Crippen molar-refractivity contribution < 1.29 is 27.5 Å². The van der Waals surface area contributed by atoms with Gasteiger partial charge in [0, 0.05) is 23.5 Å². The molecular weight excluding hydrogens is 363 g/mol. The van der Waals surface area contributed by atoms with Gasteiger partial charge in [0.1, 0.15) is 5.75 Å². The number of carbonyl (C=O) groups excluding carboxylic acids is 2. The Bertz CT molecular complexity index is 851. The lowest BCUT2D eigenvalue weighted by Gasteiger charge is -2.11. The number of nitrogens with one attached hydrogen (secondary N) is 3. The summed E-state index contributed by atoms with van der Waals surface area (Å²) in [7, 11) is 0. The smallest absolute Gasteiger partial charge is 0.410 e. The first-order chi connectivity index (χ1) is 12.8. The number of rotatable bonds is 4. The van der Waals surface area contributed by atoms with Gasteiger partial charge < -0.3 is 15.4 Å². The predicted octanol–water partition coefficient (Wildman–Crippen LogP) is 4.60. The summed E-state index contributed by atoms with van der Waals surface area (Å²) in [5.41, 5.74) is -0.515. The van der Waals surface area contributed by atoms with Crippen LogP contribution >= 0.6 is 0 Å². The van der Waals surface area contributed by atoms with Crippen LogP contribution in [0.5, 0.6) is 5.75 Å². The number of hydrogen-bond acceptors (Lipinski definition) is 3. The van der Waals surface area contributed by atoms with Crippen molar-refractivity contribution in [3.05, 3.63) is 54.1 Å². The number of halogens is 3. The van der Waals surface area contributed by atoms with Crippen LogP contribution in [0, 0.1) is 0 Å². The van der Waals surface area contributed by atoms with Crippen LogP contribution < -0.4 is 20.7 Å². The molecule has 0 unspecified atom stereocenters. The first-order valence-electron chi connectivity index (χ1n) is 8.13. The predicted molar refractivity (Wildman–Crippen MR) is 92.7 cm³/mol. The van der Waals surface area contributed by atoms with Crippen LogP contribution in [0.1, 0.15) is 18.4 Å². The minimum Gasteiger partial charge on any atom is -0.410 e. The minimum absolute atomic E-state index is 0.0482. The summed E-state index contributed by atoms with van der Waals surface area (Å²) < 4.78 is 43.2. The van der Waals surface area contributed by atoms with Crippen molar-refractivity contribution in [3.8, 4) is 5.75 Å². The summed E-state index contributed by atoms with van der Waals surface area (Å²) in [6, 6.07) is 10.1. The van der Waals surface area contributed by atoms with Crippen molar-refractivity contribution in [3.63, 3.8) is 0 Å². The van der Waals surface area contributed by atoms with Crippen LogP contribution in [0.3, 0.4) is 0 Å². The normalized spacial score (nSPS) is 13.6. The Morgan fingerprint density at radius 3 is 2.30 bits per heavy atom. The number of benzene rings is 2. The second-order valence-corrected chi connectivity index (χ2v) is 5.99. The van der Waals surface area contributed by atoms with Crippen molar-refractivity contribution in [2.24, 2.45) is 0 Å². The summed E-state index contributed by atoms with van der Waals surface area (Å²) in [6.45, 7) is 0. The molecule has 9 heteroatoms. The number of carbonyl (C=O) groups is 2. The number of hydrogen-bond donors (Lipinski definition) is 3. The molecule has 2 aromatic carbocycles. The highest BCUT2D eigenvalue weighted by Crippen LogP contribution is 2.30. The lowest BCUT2D eigenvalue weighted by molar-refractivity contribution is -0.137. The van der Waals surface area contributed by atoms with E-state index in [1.54, 1.807) is 12.1 Å². The zero-order chi connectivity index (χ0) is 19.4. The van der Waals surface area contributed by atoms with Gasteiger partial charge in [-0.3, -0.25) is 5.32 Å². The highest BCUT2D eigenvalue weighted by atomic mass is 19.4. The third kappa shape index (κ3) is 5.63. The molecule has 0 heterocycles. The van der Waals surface area contributed by atoms with E-state index in [4.69, 9.17) is 4.74 Å². The molecule has 1 fully saturated rings. The quantitative estimate of drug-likeness (QED) is 0.726. The summed E-state index contributed by atoms with van der Waals surface area (Å²) in [5, 5.41) is 7.60. The number of amides is 3. The van der Waals surface area contributed by atoms with E-state index in [2.05, 4.69) is 16.0 Å². The zero-order valence-corrected chi connectivity index (χ0v) is 14.0. The molecule has 0 bridgehead atoms. The minimum atomic E-state index is -4.51. The van der Waals surface area contributed by atoms with E-state index in [-0.39, 0.29) is 23.5 Å². The Balaban J connectivity index is 1.59. The maximum Gasteiger partial charge on any atom is 0.417 e. The lowest BCUT2D eigenvalue weighted by atomic mass is 10.2. The molecule has 6 nitrogen and oxygen atoms in total. The fourth-order valence-electron chi connectivity index (χ4n) is 2.24. The first kappa shape index (κ1) is 18.6. The van der Waals surface area contributed by atoms with E-state index in [1.807, 2.05) is 0 Å². The lowest BCUT2D eigenvalue weighted by Crippen LogP contribution is -2.30. The molecule has 0 aliphatic heterocycles. The molecule has 0 atom stereocenters. The van der Waals surface area contributed by atoms with Gasteiger partial charge in [0.05, 0.1) is 5.56 Å². The maximum atomic E-state index is 12.7. The second kappa shape index (κ2) is 7.56. The van der Waals surface area contributed by atoms with Crippen LogP contribution in [-0.4, -0.2) is 18.2 Å². The number of alkyl halides is 3. The molecule has 142 valence electrons. The van der Waals surface area contributed by atoms with E-state index in [9.17, 15) is 22.8 Å². The van der Waals surface area contributed by atoms with Crippen molar-refractivity contribution in [2.45, 2.75) is 25.1 Å². The average molecular weight is 379 g/mol. The third-order valence-corrected chi connectivity index (χ3v) is 3.65. The Kier molecular flexibility index (Phi) is 5.20. The topological polar surface area (TPSA) is 79.5 Å². The Morgan fingerprint density at radius 1 is 0.963 bits per heavy atom. The molecule has 2 aromatic rings. The van der Waals surface area contributed by atoms with Crippen molar-refractivity contribution in [1.29, 1.82) is 0 Å². The van der Waals surface area contributed by atoms with Gasteiger partial charge in [-0.1, -0.05) is 12.1 Å². The van der Waals surface area contributed by atoms with Gasteiger partial charge in [0.15, 0.2) is 0 Å². The third-order valence-electron chi connectivity index (χ3n) is 3.65. The van der Waals surface area contributed by atoms with Crippen LogP contribution in [0.25, 0.3) is 0 Å². The molecule has 0 saturated heterocycles. The standard InChI is InChI=1S/C18H16F3N3O3/c19-18(20,21)11-3-1-4-13(9-11)24-17(26)27-15-6-2-5-14(10-15)23-16(25)22-12-7-8-12/h1-6,9-10,12H,7-8H2,(H,24,26)(H2,22,23,25). The molecular formula is C18H16F3N3O3. The zero-order valence-electron chi connectivity index (χ0n) is 14.0. The molecule has 0 aromatic heterocycles. The van der Waals surface area contributed by atoms with E-state index in [0.29, 0.717) is 5.69 Å². The summed E-state index contributed by atoms with van der Waals surface area (Å²) in [6.07, 6.45) is -3.56. The van der Waals surface area contributed by atoms with Crippen molar-refractivity contribution in [2.75, 3.05) is 10.6 Å². The van der Waals surface area contributed by atoms with Gasteiger partial charge >= 0.3 is 18.3 Å². The van der Waals surface area contributed by atoms with Gasteiger partial charge in [0.25, 0.3) is 0 Å². The maximum absolute atomic E-state index is 12.7. The summed E-state index contributed by atoms with van der Waals surface area (Å²) in [5.74, 6) is 0.128. The molecule has 27 heavy (non-hydrogen) atoms. The van der Waals surface area contributed by atoms with Gasteiger partial charge in [0.2, 0.25) is 0 Å². The largest absolute Gasteiger partial charge is 0.417 e. The highest BCUT2D eigenvalue weighted by molar-refractivity contribution is 5.90. The van der Waals surface area contributed by atoms with Crippen LogP contribution in [-0.2, 0) is 6.18 Å². The number of ether oxygens (including phenoxy) is 1. The Labute approximate surface area is 152 Å². The molecule has 0 spiro atoms. The van der Waals surface area contributed by atoms with Crippen LogP contribution in [0.15, 0.2) is 48.5 Å². The average Bonchev–Trinajstić information content (AvgIpc) is 3.38. The van der Waals surface area contributed by atoms with E-state index in [1.165, 1.54) is 24.3 Å². The summed E-state index contributed by atoms with van der Waals surface area (Å²) >= 11 is 0. The van der Waals surface area contributed by atoms with Crippen LogP contribution in [0.2, 0.25) is 0 Å². The Morgan fingerprint density at radius 2 is 1.63 bits per heavy atom. The summed E-state index contributed by atoms with van der Waals surface area (Å²) in [4.78, 5) is 23.6. The molecule has 3 N–H and O–H groups in total. The van der Waals surface area contributed by atoms with E-state index < -0.39 is 17.8 Å². The fourth-order valence-corrected chi connectivity index (χ4v) is 2.24. The van der Waals surface area contributed by atoms with E-state index >= 15 is 0 Å². The molecule has 3 rings (SSSR count). The first-order valence-corrected chi connectivity index (χ1v) is 8.13. The molecule has 1 saturated carbocycles. The fraction of sp³-hybridized carbons (Fsp3) is 0.222. The van der Waals surface area contributed by atoms with Gasteiger partial charge in [-0.25, -0.2) is 9.59 Å². The van der Waals surface area contributed by atoms with Gasteiger partial charge in [-0.15, -0.1) is 0 Å². The SMILES string of the molecule is O=C(Nc1cccc(OC(=O)Nc2cccc(C(F)(F)F)c2)c1)NC1CC1. The van der Waals surface area contributed by atoms with Gasteiger partial charge in [-0.2, -0.15) is 13.2 Å². The van der Waals surface area contributed by atoms with Crippen molar-refractivity contribution in [1.82, 2.24) is 5.32 Å². The van der Waals surface area contributed by atoms with Crippen LogP contribution in [0.4, 0.5) is 34.1 Å². The van der Waals surface area contributed by atoms with Crippen molar-refractivity contribution >= 4 is 23.5 Å². The highest BCUT2D eigenvalue weighted by Gasteiger charge is 2.30. The molecule has 1 aliphatic carbocycles. The molecule has 1 aliphatic rings.